The Hall–Kier alpha value is -1.46. The van der Waals surface area contributed by atoms with Crippen molar-refractivity contribution >= 4 is 12.2 Å². The molecule has 0 unspecified atom stereocenters. The highest BCUT2D eigenvalue weighted by atomic mass is 16.6. The highest BCUT2D eigenvalue weighted by molar-refractivity contribution is 5.69. The van der Waals surface area contributed by atoms with Gasteiger partial charge in [-0.1, -0.05) is 12.8 Å². The van der Waals surface area contributed by atoms with Crippen LogP contribution in [0.4, 0.5) is 9.59 Å². The fourth-order valence-electron chi connectivity index (χ4n) is 2.12. The lowest BCUT2D eigenvalue weighted by molar-refractivity contribution is 0.129. The minimum atomic E-state index is -0.431. The molecule has 2 atom stereocenters. The number of ether oxygens (including phenoxy) is 2. The summed E-state index contributed by atoms with van der Waals surface area (Å²) in [5, 5.41) is 5.57. The number of amides is 2. The average Bonchev–Trinajstić information content (AvgIpc) is 2.32. The second-order valence-corrected chi connectivity index (χ2v) is 4.23. The summed E-state index contributed by atoms with van der Waals surface area (Å²) < 4.78 is 9.70. The number of carbonyl (C=O) groups is 2. The van der Waals surface area contributed by atoms with Gasteiger partial charge in [0.15, 0.2) is 0 Å². The Morgan fingerprint density at radius 3 is 1.67 bits per heavy atom. The van der Waals surface area contributed by atoms with Crippen LogP contribution in [0.2, 0.25) is 0 Å². The standard InChI is InChI=1S/C12H22N2O4/c1-3-17-11(15)13-9-7-5-6-8-10(9)14-12(16)18-4-2/h9-10H,3-8H2,1-2H3,(H,13,15)(H,14,16)/t9-,10-/m0/s1. The minimum Gasteiger partial charge on any atom is -0.450 e. The molecule has 1 aliphatic carbocycles. The maximum atomic E-state index is 11.4. The smallest absolute Gasteiger partial charge is 0.407 e. The topological polar surface area (TPSA) is 76.7 Å². The molecule has 0 radical (unpaired) electrons. The van der Waals surface area contributed by atoms with Gasteiger partial charge in [-0.05, 0) is 26.7 Å². The van der Waals surface area contributed by atoms with Crippen molar-refractivity contribution in [2.45, 2.75) is 51.6 Å². The molecule has 1 rings (SSSR count). The monoisotopic (exact) mass is 258 g/mol. The number of alkyl carbamates (subject to hydrolysis) is 2. The van der Waals surface area contributed by atoms with E-state index in [1.165, 1.54) is 0 Å². The Labute approximate surface area is 107 Å². The van der Waals surface area contributed by atoms with Gasteiger partial charge in [0.1, 0.15) is 0 Å². The van der Waals surface area contributed by atoms with Crippen LogP contribution in [-0.4, -0.2) is 37.5 Å². The first kappa shape index (κ1) is 14.6. The van der Waals surface area contributed by atoms with E-state index < -0.39 is 12.2 Å². The lowest BCUT2D eigenvalue weighted by Gasteiger charge is -2.32. The Morgan fingerprint density at radius 1 is 0.944 bits per heavy atom. The number of rotatable bonds is 4. The third-order valence-corrected chi connectivity index (χ3v) is 2.92. The van der Waals surface area contributed by atoms with Gasteiger partial charge in [-0.25, -0.2) is 9.59 Å². The summed E-state index contributed by atoms with van der Waals surface area (Å²) in [4.78, 5) is 22.8. The summed E-state index contributed by atoms with van der Waals surface area (Å²) in [5.74, 6) is 0. The molecule has 2 amide bonds. The molecule has 2 N–H and O–H groups in total. The quantitative estimate of drug-likeness (QED) is 0.806. The van der Waals surface area contributed by atoms with Crippen molar-refractivity contribution in [1.29, 1.82) is 0 Å². The van der Waals surface area contributed by atoms with Crippen LogP contribution in [-0.2, 0) is 9.47 Å². The van der Waals surface area contributed by atoms with Gasteiger partial charge in [-0.15, -0.1) is 0 Å². The molecule has 18 heavy (non-hydrogen) atoms. The first-order chi connectivity index (χ1) is 8.67. The maximum Gasteiger partial charge on any atom is 0.407 e. The summed E-state index contributed by atoms with van der Waals surface area (Å²) in [5.41, 5.74) is 0. The van der Waals surface area contributed by atoms with Crippen LogP contribution in [0.5, 0.6) is 0 Å². The average molecular weight is 258 g/mol. The van der Waals surface area contributed by atoms with Crippen LogP contribution in [0.3, 0.4) is 0 Å². The molecule has 104 valence electrons. The predicted octanol–water partition coefficient (Wildman–Crippen LogP) is 1.79. The van der Waals surface area contributed by atoms with Gasteiger partial charge in [0, 0.05) is 0 Å². The Bertz CT molecular complexity index is 255. The predicted molar refractivity (Wildman–Crippen MR) is 66.4 cm³/mol. The Morgan fingerprint density at radius 2 is 1.33 bits per heavy atom. The van der Waals surface area contributed by atoms with Gasteiger partial charge in [0.05, 0.1) is 25.3 Å². The summed E-state index contributed by atoms with van der Waals surface area (Å²) in [7, 11) is 0. The molecule has 0 aromatic carbocycles. The van der Waals surface area contributed by atoms with E-state index in [0.717, 1.165) is 25.7 Å². The van der Waals surface area contributed by atoms with Crippen molar-refractivity contribution < 1.29 is 19.1 Å². The molecule has 0 aromatic heterocycles. The van der Waals surface area contributed by atoms with Gasteiger partial charge in [-0.3, -0.25) is 0 Å². The number of nitrogens with one attached hydrogen (secondary N) is 2. The van der Waals surface area contributed by atoms with Crippen LogP contribution in [0.25, 0.3) is 0 Å². The van der Waals surface area contributed by atoms with Crippen LogP contribution >= 0.6 is 0 Å². The summed E-state index contributed by atoms with van der Waals surface area (Å²) in [6.45, 7) is 4.20. The highest BCUT2D eigenvalue weighted by Crippen LogP contribution is 2.18. The Balaban J connectivity index is 2.46. The van der Waals surface area contributed by atoms with Gasteiger partial charge >= 0.3 is 12.2 Å². The van der Waals surface area contributed by atoms with E-state index in [-0.39, 0.29) is 12.1 Å². The fraction of sp³-hybridized carbons (Fsp3) is 0.833. The zero-order valence-corrected chi connectivity index (χ0v) is 11.0. The van der Waals surface area contributed by atoms with Gasteiger partial charge in [-0.2, -0.15) is 0 Å². The molecular formula is C12H22N2O4. The molecular weight excluding hydrogens is 236 g/mol. The van der Waals surface area contributed by atoms with Crippen molar-refractivity contribution in [3.8, 4) is 0 Å². The normalized spacial score (nSPS) is 23.0. The Kier molecular flexibility index (Phi) is 6.32. The van der Waals surface area contributed by atoms with Crippen molar-refractivity contribution in [3.63, 3.8) is 0 Å². The molecule has 6 heteroatoms. The van der Waals surface area contributed by atoms with Crippen LogP contribution in [0.15, 0.2) is 0 Å². The minimum absolute atomic E-state index is 0.0813. The first-order valence-corrected chi connectivity index (χ1v) is 6.54. The zero-order chi connectivity index (χ0) is 13.4. The number of hydrogen-bond acceptors (Lipinski definition) is 4. The van der Waals surface area contributed by atoms with E-state index in [9.17, 15) is 9.59 Å². The largest absolute Gasteiger partial charge is 0.450 e. The van der Waals surface area contributed by atoms with E-state index in [1.54, 1.807) is 13.8 Å². The second kappa shape index (κ2) is 7.79. The van der Waals surface area contributed by atoms with E-state index in [0.29, 0.717) is 13.2 Å². The molecule has 0 aromatic rings. The molecule has 0 saturated heterocycles. The first-order valence-electron chi connectivity index (χ1n) is 6.54. The number of hydrogen-bond donors (Lipinski definition) is 2. The van der Waals surface area contributed by atoms with E-state index in [1.807, 2.05) is 0 Å². The maximum absolute atomic E-state index is 11.4. The van der Waals surface area contributed by atoms with E-state index in [4.69, 9.17) is 9.47 Å². The van der Waals surface area contributed by atoms with Crippen molar-refractivity contribution in [1.82, 2.24) is 10.6 Å². The van der Waals surface area contributed by atoms with Crippen LogP contribution < -0.4 is 10.6 Å². The molecule has 0 spiro atoms. The SMILES string of the molecule is CCOC(=O)N[C@H]1CCCC[C@@H]1NC(=O)OCC. The molecule has 0 bridgehead atoms. The van der Waals surface area contributed by atoms with Gasteiger partial charge < -0.3 is 20.1 Å². The highest BCUT2D eigenvalue weighted by Gasteiger charge is 2.28. The van der Waals surface area contributed by atoms with E-state index in [2.05, 4.69) is 10.6 Å². The summed E-state index contributed by atoms with van der Waals surface area (Å²) >= 11 is 0. The molecule has 0 heterocycles. The molecule has 1 fully saturated rings. The van der Waals surface area contributed by atoms with Gasteiger partial charge in [0.2, 0.25) is 0 Å². The van der Waals surface area contributed by atoms with Crippen molar-refractivity contribution in [3.05, 3.63) is 0 Å². The second-order valence-electron chi connectivity index (χ2n) is 4.23. The summed E-state index contributed by atoms with van der Waals surface area (Å²) in [6, 6.07) is -0.163. The third kappa shape index (κ3) is 4.81. The van der Waals surface area contributed by atoms with Crippen LogP contribution in [0, 0.1) is 0 Å². The fourth-order valence-corrected chi connectivity index (χ4v) is 2.12. The lowest BCUT2D eigenvalue weighted by atomic mass is 9.90. The number of carbonyl (C=O) groups excluding carboxylic acids is 2. The summed E-state index contributed by atoms with van der Waals surface area (Å²) in [6.07, 6.45) is 2.90. The molecule has 1 aliphatic rings. The van der Waals surface area contributed by atoms with Gasteiger partial charge in [0.25, 0.3) is 0 Å². The molecule has 0 aliphatic heterocycles. The zero-order valence-electron chi connectivity index (χ0n) is 11.0. The third-order valence-electron chi connectivity index (χ3n) is 2.92. The molecule has 6 nitrogen and oxygen atoms in total. The lowest BCUT2D eigenvalue weighted by Crippen LogP contribution is -2.53. The van der Waals surface area contributed by atoms with Crippen LogP contribution in [0.1, 0.15) is 39.5 Å². The van der Waals surface area contributed by atoms with Crippen molar-refractivity contribution in [2.75, 3.05) is 13.2 Å². The molecule has 1 saturated carbocycles. The van der Waals surface area contributed by atoms with E-state index >= 15 is 0 Å². The van der Waals surface area contributed by atoms with Crippen molar-refractivity contribution in [2.24, 2.45) is 0 Å².